The van der Waals surface area contributed by atoms with Gasteiger partial charge < -0.3 is 14.2 Å². The maximum atomic E-state index is 6.58. The fourth-order valence-corrected chi connectivity index (χ4v) is 4.54. The van der Waals surface area contributed by atoms with Gasteiger partial charge in [-0.2, -0.15) is 0 Å². The van der Waals surface area contributed by atoms with E-state index in [1.165, 1.54) is 49.7 Å². The monoisotopic (exact) mass is 510 g/mol. The quantitative estimate of drug-likeness (QED) is 0.0786. The highest BCUT2D eigenvalue weighted by Gasteiger charge is 2.42. The molecule has 4 heteroatoms. The van der Waals surface area contributed by atoms with Gasteiger partial charge in [0.2, 0.25) is 0 Å². The number of ether oxygens (including phenoxy) is 3. The standard InChI is InChI=1S/C31H55ClO3/c1-5-9-13-14-15-16-17-30(23-22-28-18-20-29(27-32)21-19-28)31(33-24-10-6-2,34-25-11-7-3)35-26-12-8-4/h18-21,30H,5-17,22-27H2,1-4H3. The van der Waals surface area contributed by atoms with Gasteiger partial charge in [-0.3, -0.25) is 0 Å². The molecule has 0 heterocycles. The largest absolute Gasteiger partial charge is 0.327 e. The van der Waals surface area contributed by atoms with Crippen LogP contribution in [0.2, 0.25) is 0 Å². The Morgan fingerprint density at radius 2 is 1.06 bits per heavy atom. The van der Waals surface area contributed by atoms with E-state index >= 15 is 0 Å². The average Bonchev–Trinajstić information content (AvgIpc) is 2.88. The van der Waals surface area contributed by atoms with E-state index < -0.39 is 5.97 Å². The van der Waals surface area contributed by atoms with E-state index in [1.54, 1.807) is 0 Å². The lowest BCUT2D eigenvalue weighted by atomic mass is 9.91. The van der Waals surface area contributed by atoms with Crippen LogP contribution in [-0.4, -0.2) is 25.8 Å². The number of benzene rings is 1. The normalized spacial score (nSPS) is 12.8. The van der Waals surface area contributed by atoms with Crippen LogP contribution in [0.1, 0.15) is 129 Å². The Morgan fingerprint density at radius 1 is 0.600 bits per heavy atom. The molecule has 1 unspecified atom stereocenters. The molecule has 35 heavy (non-hydrogen) atoms. The third-order valence-electron chi connectivity index (χ3n) is 6.77. The van der Waals surface area contributed by atoms with Gasteiger partial charge in [-0.05, 0) is 49.7 Å². The van der Waals surface area contributed by atoms with Crippen molar-refractivity contribution in [3.63, 3.8) is 0 Å². The highest BCUT2D eigenvalue weighted by atomic mass is 35.5. The van der Waals surface area contributed by atoms with Crippen LogP contribution < -0.4 is 0 Å². The predicted octanol–water partition coefficient (Wildman–Crippen LogP) is 9.83. The molecule has 1 aromatic rings. The highest BCUT2D eigenvalue weighted by Crippen LogP contribution is 2.35. The molecule has 1 aromatic carbocycles. The molecule has 0 saturated carbocycles. The molecule has 0 aliphatic carbocycles. The molecule has 0 saturated heterocycles. The predicted molar refractivity (Wildman–Crippen MR) is 151 cm³/mol. The number of rotatable bonds is 24. The maximum Gasteiger partial charge on any atom is 0.285 e. The van der Waals surface area contributed by atoms with E-state index in [4.69, 9.17) is 25.8 Å². The fourth-order valence-electron chi connectivity index (χ4n) is 4.36. The van der Waals surface area contributed by atoms with Crippen molar-refractivity contribution in [2.45, 2.75) is 136 Å². The van der Waals surface area contributed by atoms with Crippen molar-refractivity contribution in [1.82, 2.24) is 0 Å². The average molecular weight is 511 g/mol. The van der Waals surface area contributed by atoms with Crippen LogP contribution in [0.3, 0.4) is 0 Å². The molecule has 0 radical (unpaired) electrons. The van der Waals surface area contributed by atoms with Crippen LogP contribution in [0, 0.1) is 5.92 Å². The second-order valence-corrected chi connectivity index (χ2v) is 10.2. The minimum absolute atomic E-state index is 0.215. The molecule has 0 N–H and O–H groups in total. The van der Waals surface area contributed by atoms with Crippen molar-refractivity contribution in [1.29, 1.82) is 0 Å². The first-order valence-electron chi connectivity index (χ1n) is 14.7. The van der Waals surface area contributed by atoms with Gasteiger partial charge in [0.25, 0.3) is 5.97 Å². The molecule has 3 nitrogen and oxygen atoms in total. The van der Waals surface area contributed by atoms with E-state index in [0.717, 1.165) is 57.8 Å². The molecule has 0 amide bonds. The third kappa shape index (κ3) is 14.1. The van der Waals surface area contributed by atoms with E-state index in [9.17, 15) is 0 Å². The number of hydrogen-bond acceptors (Lipinski definition) is 3. The van der Waals surface area contributed by atoms with Crippen molar-refractivity contribution in [2.75, 3.05) is 19.8 Å². The molecular formula is C31H55ClO3. The zero-order chi connectivity index (χ0) is 25.6. The molecule has 0 fully saturated rings. The molecular weight excluding hydrogens is 456 g/mol. The number of aryl methyl sites for hydroxylation is 1. The summed E-state index contributed by atoms with van der Waals surface area (Å²) in [4.78, 5) is 0. The Bertz CT molecular complexity index is 563. The summed E-state index contributed by atoms with van der Waals surface area (Å²) in [5, 5.41) is 0. The molecule has 0 bridgehead atoms. The Labute approximate surface area is 222 Å². The number of alkyl halides is 1. The summed E-state index contributed by atoms with van der Waals surface area (Å²) in [5.41, 5.74) is 2.51. The number of hydrogen-bond donors (Lipinski definition) is 0. The lowest BCUT2D eigenvalue weighted by molar-refractivity contribution is -0.407. The van der Waals surface area contributed by atoms with Crippen LogP contribution in [-0.2, 0) is 26.5 Å². The Morgan fingerprint density at radius 3 is 1.54 bits per heavy atom. The van der Waals surface area contributed by atoms with Crippen LogP contribution >= 0.6 is 11.6 Å². The Kier molecular flexibility index (Phi) is 19.9. The second-order valence-electron chi connectivity index (χ2n) is 9.95. The lowest BCUT2D eigenvalue weighted by Gasteiger charge is -2.40. The SMILES string of the molecule is CCCCCCCCC(CCc1ccc(CCl)cc1)C(OCCCC)(OCCCC)OCCCC. The second kappa shape index (κ2) is 21.5. The smallest absolute Gasteiger partial charge is 0.285 e. The van der Waals surface area contributed by atoms with Gasteiger partial charge in [-0.25, -0.2) is 0 Å². The van der Waals surface area contributed by atoms with Crippen LogP contribution in [0.15, 0.2) is 24.3 Å². The summed E-state index contributed by atoms with van der Waals surface area (Å²) >= 11 is 6.00. The maximum absolute atomic E-state index is 6.58. The minimum Gasteiger partial charge on any atom is -0.327 e. The first-order valence-corrected chi connectivity index (χ1v) is 15.2. The lowest BCUT2D eigenvalue weighted by Crippen LogP contribution is -2.47. The number of halogens is 1. The van der Waals surface area contributed by atoms with Crippen molar-refractivity contribution < 1.29 is 14.2 Å². The van der Waals surface area contributed by atoms with Gasteiger partial charge in [0, 0.05) is 11.8 Å². The van der Waals surface area contributed by atoms with Crippen molar-refractivity contribution in [3.05, 3.63) is 35.4 Å². The van der Waals surface area contributed by atoms with E-state index in [-0.39, 0.29) is 5.92 Å². The van der Waals surface area contributed by atoms with Crippen molar-refractivity contribution >= 4 is 11.6 Å². The summed E-state index contributed by atoms with van der Waals surface area (Å²) in [6.45, 7) is 11.0. The van der Waals surface area contributed by atoms with Crippen LogP contribution in [0.4, 0.5) is 0 Å². The van der Waals surface area contributed by atoms with Gasteiger partial charge in [-0.1, -0.05) is 110 Å². The summed E-state index contributed by atoms with van der Waals surface area (Å²) in [5.74, 6) is -0.155. The van der Waals surface area contributed by atoms with E-state index in [2.05, 4.69) is 52.0 Å². The topological polar surface area (TPSA) is 27.7 Å². The zero-order valence-electron chi connectivity index (χ0n) is 23.4. The number of unbranched alkanes of at least 4 members (excludes halogenated alkanes) is 8. The van der Waals surface area contributed by atoms with Gasteiger partial charge in [-0.15, -0.1) is 11.6 Å². The van der Waals surface area contributed by atoms with Gasteiger partial charge in [0.05, 0.1) is 19.8 Å². The summed E-state index contributed by atoms with van der Waals surface area (Å²) < 4.78 is 19.8. The third-order valence-corrected chi connectivity index (χ3v) is 7.08. The fraction of sp³-hybridized carbons (Fsp3) is 0.806. The zero-order valence-corrected chi connectivity index (χ0v) is 24.2. The van der Waals surface area contributed by atoms with E-state index in [0.29, 0.717) is 25.7 Å². The highest BCUT2D eigenvalue weighted by molar-refractivity contribution is 6.17. The van der Waals surface area contributed by atoms with Crippen molar-refractivity contribution in [2.24, 2.45) is 5.92 Å². The molecule has 1 atom stereocenters. The van der Waals surface area contributed by atoms with Gasteiger partial charge >= 0.3 is 0 Å². The van der Waals surface area contributed by atoms with E-state index in [1.807, 2.05) is 0 Å². The molecule has 0 spiro atoms. The van der Waals surface area contributed by atoms with Crippen molar-refractivity contribution in [3.8, 4) is 0 Å². The first kappa shape index (κ1) is 32.4. The summed E-state index contributed by atoms with van der Waals surface area (Å²) in [7, 11) is 0. The summed E-state index contributed by atoms with van der Waals surface area (Å²) in [6, 6.07) is 8.72. The van der Waals surface area contributed by atoms with Crippen LogP contribution in [0.5, 0.6) is 0 Å². The summed E-state index contributed by atoms with van der Waals surface area (Å²) in [6.07, 6.45) is 17.2. The first-order chi connectivity index (χ1) is 17.2. The molecule has 0 aliphatic heterocycles. The van der Waals surface area contributed by atoms with Gasteiger partial charge in [0.15, 0.2) is 0 Å². The Hall–Kier alpha value is -0.610. The minimum atomic E-state index is -0.932. The Balaban J connectivity index is 3.05. The van der Waals surface area contributed by atoms with Gasteiger partial charge in [0.1, 0.15) is 0 Å². The molecule has 204 valence electrons. The molecule has 0 aromatic heterocycles. The van der Waals surface area contributed by atoms with Crippen LogP contribution in [0.25, 0.3) is 0 Å². The molecule has 0 aliphatic rings. The molecule has 1 rings (SSSR count).